The minimum atomic E-state index is 0. The van der Waals surface area contributed by atoms with Gasteiger partial charge in [0.05, 0.1) is 0 Å². The third-order valence-electron chi connectivity index (χ3n) is 6.80. The first-order valence-corrected chi connectivity index (χ1v) is 48.2. The summed E-state index contributed by atoms with van der Waals surface area (Å²) in [5.41, 5.74) is 0. The van der Waals surface area contributed by atoms with Gasteiger partial charge in [-0.1, -0.05) is 0 Å². The van der Waals surface area contributed by atoms with Gasteiger partial charge in [0.2, 0.25) is 0 Å². The van der Waals surface area contributed by atoms with Gasteiger partial charge in [-0.2, -0.15) is 0 Å². The summed E-state index contributed by atoms with van der Waals surface area (Å²) in [6.07, 6.45) is 75.0. The summed E-state index contributed by atoms with van der Waals surface area (Å²) in [6, 6.07) is 0. The molecule has 0 aromatic carbocycles. The minimum absolute atomic E-state index is 0. The zero-order valence-electron chi connectivity index (χ0n) is 40.8. The molecule has 12 aliphatic heterocycles. The fourth-order valence-electron chi connectivity index (χ4n) is 3.75. The van der Waals surface area contributed by atoms with E-state index in [0.717, 1.165) is 0 Å². The SMILES string of the molecule is C1=CC=[As]C=C1.C1=CC=[As]C=C1.C1=CC=[As]C=C1.C1=CC=[As]C=C1.C1=CC=[As]C=C1.C1=CC=[As]C=C1.C1=CC=[As]C=C1.C1=CC=[As]C=C1.C1=CC=[As]C=C1.C1=CC=[As]C=C1.C1=CC=[As]C=C1.C1=CC=[As]C=C1.[W].[W]. The Morgan fingerprint density at radius 3 is 0.189 bits per heavy atom. The average molecular weight is 2050 g/mol. The zero-order chi connectivity index (χ0) is 50.9. The van der Waals surface area contributed by atoms with Gasteiger partial charge in [0.15, 0.2) is 0 Å². The van der Waals surface area contributed by atoms with Crippen LogP contribution in [-0.4, -0.2) is 241 Å². The van der Waals surface area contributed by atoms with E-state index in [2.05, 4.69) is 335 Å². The van der Waals surface area contributed by atoms with Gasteiger partial charge >= 0.3 is 519 Å². The van der Waals surface area contributed by atoms with Gasteiger partial charge in [-0.15, -0.1) is 0 Å². The summed E-state index contributed by atoms with van der Waals surface area (Å²) in [6.45, 7) is 0. The third-order valence-corrected chi connectivity index (χ3v) is 24.1. The van der Waals surface area contributed by atoms with Crippen LogP contribution in [0.1, 0.15) is 0 Å². The maximum absolute atomic E-state index is 2.22. The topological polar surface area (TPSA) is 0 Å². The molecule has 12 aliphatic rings. The number of hydrogen-bond acceptors (Lipinski definition) is 0. The molecule has 0 unspecified atom stereocenters. The summed E-state index contributed by atoms with van der Waals surface area (Å²) < 4.78 is 0. The summed E-state index contributed by atoms with van der Waals surface area (Å²) in [7, 11) is 0. The number of rotatable bonds is 0. The Morgan fingerprint density at radius 1 is 0.0946 bits per heavy atom. The Hall–Kier alpha value is 0.278. The van der Waals surface area contributed by atoms with Gasteiger partial charge < -0.3 is 0 Å². The summed E-state index contributed by atoms with van der Waals surface area (Å²) in [5.74, 6) is 0. The van der Waals surface area contributed by atoms with Crippen LogP contribution in [0.2, 0.25) is 0 Å². The van der Waals surface area contributed by atoms with E-state index in [0.29, 0.717) is 184 Å². The molecule has 0 atom stereocenters. The van der Waals surface area contributed by atoms with Crippen molar-refractivity contribution in [2.75, 3.05) is 0 Å². The fourth-order valence-corrected chi connectivity index (χ4v) is 16.3. The maximum atomic E-state index is 2.22. The quantitative estimate of drug-likeness (QED) is 0.232. The molecule has 372 valence electrons. The molecule has 0 N–H and O–H groups in total. The second-order valence-electron chi connectivity index (χ2n) is 12.3. The molecule has 0 aromatic rings. The van der Waals surface area contributed by atoms with Gasteiger partial charge in [-0.05, 0) is 0 Å². The molecular formula is C60H60As12W2. The van der Waals surface area contributed by atoms with Crippen molar-refractivity contribution in [2.24, 2.45) is 0 Å². The summed E-state index contributed by atoms with van der Waals surface area (Å²) >= 11 is 5.26. The van der Waals surface area contributed by atoms with E-state index in [-0.39, 0.29) is 42.1 Å². The van der Waals surface area contributed by atoms with Crippen molar-refractivity contribution < 1.29 is 42.1 Å². The van der Waals surface area contributed by atoms with Crippen molar-refractivity contribution in [1.82, 2.24) is 0 Å². The van der Waals surface area contributed by atoms with Crippen molar-refractivity contribution in [3.63, 3.8) is 0 Å². The molecule has 0 spiro atoms. The Balaban J connectivity index is 0. The van der Waals surface area contributed by atoms with Gasteiger partial charge in [0.1, 0.15) is 0 Å². The maximum Gasteiger partial charge on any atom is 0 e. The van der Waals surface area contributed by atoms with E-state index >= 15 is 0 Å². The normalized spacial score (nSPS) is 18.2. The molecule has 0 bridgehead atoms. The molecule has 0 aromatic heterocycles. The number of allylic oxidation sites excluding steroid dienone is 36. The molecule has 0 aliphatic carbocycles. The van der Waals surface area contributed by atoms with Crippen molar-refractivity contribution >= 4 is 241 Å². The van der Waals surface area contributed by atoms with Gasteiger partial charge in [0.25, 0.3) is 0 Å². The fraction of sp³-hybridized carbons (Fsp3) is 0. The Bertz CT molecular complexity index is 1540. The molecule has 0 radical (unpaired) electrons. The standard InChI is InChI=1S/12C5H5As.2W/c12*1-2-4-6-5-3-1;;/h12*1-5H;;. The third kappa shape index (κ3) is 70.3. The zero-order valence-corrected chi connectivity index (χ0v) is 69.2. The largest absolute Gasteiger partial charge is 0 e. The van der Waals surface area contributed by atoms with Crippen LogP contribution in [0.5, 0.6) is 0 Å². The van der Waals surface area contributed by atoms with Crippen LogP contribution in [0.15, 0.2) is 277 Å². The molecule has 0 fully saturated rings. The predicted octanol–water partition coefficient (Wildman–Crippen LogP) is 6.91. The molecular weight excluding hydrogens is 1990 g/mol. The molecule has 0 saturated heterocycles. The van der Waals surface area contributed by atoms with E-state index in [1.54, 1.807) is 0 Å². The van der Waals surface area contributed by atoms with Crippen LogP contribution in [0, 0.1) is 0 Å². The van der Waals surface area contributed by atoms with Crippen LogP contribution in [-0.2, 0) is 42.1 Å². The first-order valence-electron chi connectivity index (χ1n) is 22.2. The second-order valence-corrected chi connectivity index (χ2v) is 34.8. The molecule has 12 heterocycles. The van der Waals surface area contributed by atoms with E-state index in [1.807, 2.05) is 0 Å². The monoisotopic (exact) mass is 2050 g/mol. The van der Waals surface area contributed by atoms with Crippen LogP contribution in [0.4, 0.5) is 0 Å². The Kier molecular flexibility index (Phi) is 75.6. The van der Waals surface area contributed by atoms with Gasteiger partial charge in [0, 0.05) is 42.1 Å². The number of hydrogen-bond donors (Lipinski definition) is 0. The average Bonchev–Trinajstić information content (AvgIpc) is 3.54. The van der Waals surface area contributed by atoms with Crippen molar-refractivity contribution in [3.05, 3.63) is 277 Å². The van der Waals surface area contributed by atoms with Crippen molar-refractivity contribution in [3.8, 4) is 0 Å². The van der Waals surface area contributed by atoms with E-state index in [1.165, 1.54) is 0 Å². The molecule has 14 heteroatoms. The van der Waals surface area contributed by atoms with Gasteiger partial charge in [-0.25, -0.2) is 0 Å². The van der Waals surface area contributed by atoms with Crippen LogP contribution in [0.25, 0.3) is 0 Å². The first kappa shape index (κ1) is 76.3. The molecule has 0 nitrogen and oxygen atoms in total. The Morgan fingerprint density at radius 2 is 0.176 bits per heavy atom. The summed E-state index contributed by atoms with van der Waals surface area (Å²) in [4.78, 5) is 53.2. The van der Waals surface area contributed by atoms with Crippen LogP contribution < -0.4 is 0 Å². The van der Waals surface area contributed by atoms with E-state index in [4.69, 9.17) is 0 Å². The van der Waals surface area contributed by atoms with E-state index < -0.39 is 0 Å². The molecule has 0 saturated carbocycles. The molecule has 12 rings (SSSR count). The van der Waals surface area contributed by atoms with E-state index in [9.17, 15) is 0 Å². The predicted molar refractivity (Wildman–Crippen MR) is 361 cm³/mol. The van der Waals surface area contributed by atoms with Crippen molar-refractivity contribution in [2.45, 2.75) is 0 Å². The van der Waals surface area contributed by atoms with Gasteiger partial charge in [-0.3, -0.25) is 0 Å². The Labute approximate surface area is 551 Å². The molecule has 74 heavy (non-hydrogen) atoms. The first-order chi connectivity index (χ1) is 36.0. The second kappa shape index (κ2) is 73.3. The smallest absolute Gasteiger partial charge is 0 e. The molecule has 0 amide bonds. The summed E-state index contributed by atoms with van der Waals surface area (Å²) in [5, 5.41) is 0. The van der Waals surface area contributed by atoms with Crippen molar-refractivity contribution in [1.29, 1.82) is 0 Å². The van der Waals surface area contributed by atoms with Crippen LogP contribution in [0.3, 0.4) is 0 Å². The minimum Gasteiger partial charge on any atom is 0 e. The van der Waals surface area contributed by atoms with Crippen LogP contribution >= 0.6 is 0 Å².